The van der Waals surface area contributed by atoms with E-state index in [1.165, 1.54) is 11.1 Å². The van der Waals surface area contributed by atoms with Crippen LogP contribution in [-0.2, 0) is 17.8 Å². The van der Waals surface area contributed by atoms with Crippen LogP contribution in [0.2, 0.25) is 0 Å². The van der Waals surface area contributed by atoms with Gasteiger partial charge in [0.05, 0.1) is 11.7 Å². The fraction of sp³-hybridized carbons (Fsp3) is 0.385. The molecule has 1 aliphatic rings. The van der Waals surface area contributed by atoms with Gasteiger partial charge in [0.2, 0.25) is 11.7 Å². The second kappa shape index (κ2) is 10.1. The van der Waals surface area contributed by atoms with Gasteiger partial charge in [-0.2, -0.15) is 10.2 Å². The van der Waals surface area contributed by atoms with Crippen molar-refractivity contribution < 1.29 is 14.1 Å². The molecule has 0 aliphatic carbocycles. The Morgan fingerprint density at radius 2 is 2.15 bits per heavy atom. The first-order valence-electron chi connectivity index (χ1n) is 11.5. The third-order valence-electron chi connectivity index (χ3n) is 6.04. The number of fused-ring (bicyclic) bond motifs is 1. The number of amides is 1. The Labute approximate surface area is 199 Å². The van der Waals surface area contributed by atoms with Crippen LogP contribution >= 0.6 is 0 Å². The van der Waals surface area contributed by atoms with Crippen LogP contribution in [0.1, 0.15) is 48.9 Å². The number of nitrogens with two attached hydrogens (primary N) is 1. The molecular weight excluding hydrogens is 430 g/mol. The van der Waals surface area contributed by atoms with Gasteiger partial charge in [0, 0.05) is 30.6 Å². The quantitative estimate of drug-likeness (QED) is 0.541. The fourth-order valence-corrected chi connectivity index (χ4v) is 4.37. The third-order valence-corrected chi connectivity index (χ3v) is 6.04. The van der Waals surface area contributed by atoms with Crippen molar-refractivity contribution in [3.05, 3.63) is 52.6 Å². The summed E-state index contributed by atoms with van der Waals surface area (Å²) in [6.07, 6.45) is 2.11. The van der Waals surface area contributed by atoms with Crippen molar-refractivity contribution in [3.63, 3.8) is 0 Å². The van der Waals surface area contributed by atoms with E-state index in [0.717, 1.165) is 43.6 Å². The molecule has 0 radical (unpaired) electrons. The van der Waals surface area contributed by atoms with E-state index < -0.39 is 0 Å². The van der Waals surface area contributed by atoms with Crippen LogP contribution in [0.5, 0.6) is 5.75 Å². The number of nitriles is 1. The minimum absolute atomic E-state index is 0.0258. The average Bonchev–Trinajstić information content (AvgIpc) is 3.29. The number of carbonyl (C=O) groups excluding carboxylic acids is 1. The van der Waals surface area contributed by atoms with Crippen molar-refractivity contribution in [2.75, 3.05) is 13.1 Å². The van der Waals surface area contributed by atoms with E-state index in [-0.39, 0.29) is 12.0 Å². The number of primary amides is 1. The molecule has 0 saturated heterocycles. The zero-order chi connectivity index (χ0) is 24.2. The Hall–Kier alpha value is -3.70. The van der Waals surface area contributed by atoms with E-state index in [4.69, 9.17) is 15.0 Å². The van der Waals surface area contributed by atoms with Gasteiger partial charge in [0.25, 0.3) is 5.89 Å². The molecule has 0 unspecified atom stereocenters. The van der Waals surface area contributed by atoms with Crippen LogP contribution in [0.3, 0.4) is 0 Å². The predicted octanol–water partition coefficient (Wildman–Crippen LogP) is 3.99. The maximum atomic E-state index is 11.0. The first-order valence-corrected chi connectivity index (χ1v) is 11.5. The minimum atomic E-state index is -0.249. The molecule has 1 aromatic heterocycles. The van der Waals surface area contributed by atoms with Crippen molar-refractivity contribution in [3.8, 4) is 34.7 Å². The summed E-state index contributed by atoms with van der Waals surface area (Å²) in [5.41, 5.74) is 11.1. The molecule has 0 saturated carbocycles. The average molecular weight is 460 g/mol. The second-order valence-corrected chi connectivity index (χ2v) is 8.88. The van der Waals surface area contributed by atoms with Crippen LogP contribution < -0.4 is 10.5 Å². The standard InChI is InChI=1S/C26H29N5O3/c1-16(2)33-23-9-7-18(13-20(23)14-27)26-29-25(30-34-26)22-8-6-19-15-31(11-4-5-24(28)32)12-10-21(19)17(22)3/h6-9,13,16H,4-5,10-12,15H2,1-3H3,(H2,28,32). The molecule has 2 N–H and O–H groups in total. The number of rotatable bonds is 8. The summed E-state index contributed by atoms with van der Waals surface area (Å²) in [7, 11) is 0. The first-order chi connectivity index (χ1) is 16.4. The van der Waals surface area contributed by atoms with E-state index >= 15 is 0 Å². The largest absolute Gasteiger partial charge is 0.490 e. The zero-order valence-electron chi connectivity index (χ0n) is 19.8. The molecule has 2 heterocycles. The first kappa shape index (κ1) is 23.5. The van der Waals surface area contributed by atoms with Crippen molar-refractivity contribution in [1.29, 1.82) is 5.26 Å². The van der Waals surface area contributed by atoms with Crippen molar-refractivity contribution in [2.45, 2.75) is 52.7 Å². The summed E-state index contributed by atoms with van der Waals surface area (Å²) in [5.74, 6) is 1.18. The molecule has 2 aromatic carbocycles. The van der Waals surface area contributed by atoms with E-state index in [1.807, 2.05) is 26.0 Å². The Kier molecular flexibility index (Phi) is 6.94. The molecule has 176 valence electrons. The number of nitrogens with zero attached hydrogens (tertiary/aromatic N) is 4. The number of benzene rings is 2. The monoisotopic (exact) mass is 459 g/mol. The Morgan fingerprint density at radius 3 is 2.88 bits per heavy atom. The van der Waals surface area contributed by atoms with Gasteiger partial charge in [-0.1, -0.05) is 17.3 Å². The molecule has 0 spiro atoms. The van der Waals surface area contributed by atoms with Crippen LogP contribution in [0.15, 0.2) is 34.9 Å². The zero-order valence-corrected chi connectivity index (χ0v) is 19.8. The Bertz CT molecular complexity index is 1240. The molecule has 1 amide bonds. The van der Waals surface area contributed by atoms with Gasteiger partial charge in [-0.05, 0) is 75.0 Å². The highest BCUT2D eigenvalue weighted by molar-refractivity contribution is 5.73. The highest BCUT2D eigenvalue weighted by Crippen LogP contribution is 2.32. The number of aromatic nitrogens is 2. The molecule has 34 heavy (non-hydrogen) atoms. The molecule has 3 aromatic rings. The minimum Gasteiger partial charge on any atom is -0.490 e. The van der Waals surface area contributed by atoms with Gasteiger partial charge in [0.15, 0.2) is 0 Å². The normalized spacial score (nSPS) is 13.5. The molecular formula is C26H29N5O3. The molecule has 0 bridgehead atoms. The van der Waals surface area contributed by atoms with E-state index in [9.17, 15) is 10.1 Å². The smallest absolute Gasteiger partial charge is 0.258 e. The maximum Gasteiger partial charge on any atom is 0.258 e. The summed E-state index contributed by atoms with van der Waals surface area (Å²) < 4.78 is 11.2. The highest BCUT2D eigenvalue weighted by atomic mass is 16.5. The molecule has 0 fully saturated rings. The van der Waals surface area contributed by atoms with Gasteiger partial charge in [0.1, 0.15) is 11.8 Å². The lowest BCUT2D eigenvalue weighted by Crippen LogP contribution is -2.32. The van der Waals surface area contributed by atoms with Gasteiger partial charge in [-0.3, -0.25) is 9.69 Å². The van der Waals surface area contributed by atoms with E-state index in [2.05, 4.69) is 34.1 Å². The Morgan fingerprint density at radius 1 is 1.32 bits per heavy atom. The van der Waals surface area contributed by atoms with Crippen LogP contribution in [0.4, 0.5) is 0 Å². The summed E-state index contributed by atoms with van der Waals surface area (Å²) in [6.45, 7) is 8.59. The fourth-order valence-electron chi connectivity index (χ4n) is 4.37. The molecule has 8 nitrogen and oxygen atoms in total. The van der Waals surface area contributed by atoms with Gasteiger partial charge >= 0.3 is 0 Å². The molecule has 0 atom stereocenters. The number of ether oxygens (including phenoxy) is 1. The topological polar surface area (TPSA) is 118 Å². The maximum absolute atomic E-state index is 11.0. The third kappa shape index (κ3) is 5.10. The number of carbonyl (C=O) groups is 1. The van der Waals surface area contributed by atoms with Gasteiger partial charge in [-0.25, -0.2) is 0 Å². The summed E-state index contributed by atoms with van der Waals surface area (Å²) in [5, 5.41) is 13.7. The van der Waals surface area contributed by atoms with Crippen LogP contribution in [0, 0.1) is 18.3 Å². The van der Waals surface area contributed by atoms with Crippen LogP contribution in [0.25, 0.3) is 22.8 Å². The summed E-state index contributed by atoms with van der Waals surface area (Å²) >= 11 is 0. The van der Waals surface area contributed by atoms with Crippen molar-refractivity contribution in [2.24, 2.45) is 5.73 Å². The lowest BCUT2D eigenvalue weighted by molar-refractivity contribution is -0.118. The number of hydrogen-bond acceptors (Lipinski definition) is 7. The highest BCUT2D eigenvalue weighted by Gasteiger charge is 2.22. The Balaban J connectivity index is 1.54. The lowest BCUT2D eigenvalue weighted by Gasteiger charge is -2.30. The summed E-state index contributed by atoms with van der Waals surface area (Å²) in [4.78, 5) is 18.0. The van der Waals surface area contributed by atoms with Crippen molar-refractivity contribution in [1.82, 2.24) is 15.0 Å². The lowest BCUT2D eigenvalue weighted by atomic mass is 9.91. The molecule has 8 heteroatoms. The summed E-state index contributed by atoms with van der Waals surface area (Å²) in [6, 6.07) is 11.6. The molecule has 4 rings (SSSR count). The van der Waals surface area contributed by atoms with Gasteiger partial charge < -0.3 is 15.0 Å². The predicted molar refractivity (Wildman–Crippen MR) is 128 cm³/mol. The number of hydrogen-bond donors (Lipinski definition) is 1. The van der Waals surface area contributed by atoms with E-state index in [1.54, 1.807) is 12.1 Å². The van der Waals surface area contributed by atoms with Gasteiger partial charge in [-0.15, -0.1) is 0 Å². The molecule has 1 aliphatic heterocycles. The second-order valence-electron chi connectivity index (χ2n) is 8.88. The SMILES string of the molecule is Cc1c(-c2noc(-c3ccc(OC(C)C)c(C#N)c3)n2)ccc2c1CCN(CCCC(N)=O)C2. The van der Waals surface area contributed by atoms with Crippen LogP contribution in [-0.4, -0.2) is 40.1 Å². The van der Waals surface area contributed by atoms with E-state index in [0.29, 0.717) is 35.0 Å². The van der Waals surface area contributed by atoms with Crippen molar-refractivity contribution >= 4 is 5.91 Å².